The van der Waals surface area contributed by atoms with Crippen LogP contribution in [-0.2, 0) is 6.54 Å². The smallest absolute Gasteiger partial charge is 0.255 e. The fourth-order valence-corrected chi connectivity index (χ4v) is 2.73. The molecule has 1 amide bonds. The Morgan fingerprint density at radius 2 is 1.70 bits per heavy atom. The van der Waals surface area contributed by atoms with Crippen molar-refractivity contribution in [3.05, 3.63) is 65.2 Å². The Kier molecular flexibility index (Phi) is 5.05. The van der Waals surface area contributed by atoms with E-state index in [2.05, 4.69) is 15.5 Å². The molecule has 4 nitrogen and oxygen atoms in total. The van der Waals surface area contributed by atoms with E-state index in [1.165, 1.54) is 11.1 Å². The molecule has 1 saturated heterocycles. The van der Waals surface area contributed by atoms with E-state index in [9.17, 15) is 4.79 Å². The van der Waals surface area contributed by atoms with E-state index < -0.39 is 0 Å². The van der Waals surface area contributed by atoms with Crippen LogP contribution < -0.4 is 10.6 Å². The summed E-state index contributed by atoms with van der Waals surface area (Å²) in [6.45, 7) is 7.24. The summed E-state index contributed by atoms with van der Waals surface area (Å²) in [6.07, 6.45) is 0. The molecule has 2 aromatic rings. The molecule has 1 fully saturated rings. The number of nitrogens with zero attached hydrogens (tertiary/aromatic N) is 1. The third-order valence-electron chi connectivity index (χ3n) is 4.14. The van der Waals surface area contributed by atoms with Crippen molar-refractivity contribution < 1.29 is 4.79 Å². The van der Waals surface area contributed by atoms with E-state index in [0.29, 0.717) is 5.56 Å². The lowest BCUT2D eigenvalue weighted by molar-refractivity contribution is 0.102. The normalized spacial score (nSPS) is 15.3. The number of carbonyl (C=O) groups is 1. The van der Waals surface area contributed by atoms with Gasteiger partial charge in [0.1, 0.15) is 0 Å². The molecule has 0 unspecified atom stereocenters. The zero-order chi connectivity index (χ0) is 16.1. The number of carbonyl (C=O) groups excluding carboxylic acids is 1. The lowest BCUT2D eigenvalue weighted by Crippen LogP contribution is -2.42. The van der Waals surface area contributed by atoms with Gasteiger partial charge in [0.15, 0.2) is 0 Å². The van der Waals surface area contributed by atoms with Gasteiger partial charge in [0.2, 0.25) is 0 Å². The zero-order valence-corrected chi connectivity index (χ0v) is 13.5. The van der Waals surface area contributed by atoms with Crippen molar-refractivity contribution in [1.82, 2.24) is 10.2 Å². The SMILES string of the molecule is Cc1ccc(NC(=O)c2ccc(CN3CCNCC3)cc2)cc1. The second-order valence-electron chi connectivity index (χ2n) is 6.04. The molecule has 120 valence electrons. The van der Waals surface area contributed by atoms with Gasteiger partial charge in [-0.05, 0) is 36.8 Å². The molecular formula is C19H23N3O. The highest BCUT2D eigenvalue weighted by Crippen LogP contribution is 2.12. The second kappa shape index (κ2) is 7.40. The Morgan fingerprint density at radius 3 is 2.35 bits per heavy atom. The molecule has 1 aliphatic heterocycles. The lowest BCUT2D eigenvalue weighted by atomic mass is 10.1. The topological polar surface area (TPSA) is 44.4 Å². The summed E-state index contributed by atoms with van der Waals surface area (Å²) in [6, 6.07) is 15.7. The summed E-state index contributed by atoms with van der Waals surface area (Å²) in [5.41, 5.74) is 3.94. The first-order valence-corrected chi connectivity index (χ1v) is 8.11. The quantitative estimate of drug-likeness (QED) is 0.912. The highest BCUT2D eigenvalue weighted by atomic mass is 16.1. The minimum atomic E-state index is -0.0671. The van der Waals surface area contributed by atoms with Gasteiger partial charge in [-0.15, -0.1) is 0 Å². The van der Waals surface area contributed by atoms with Gasteiger partial charge in [-0.1, -0.05) is 29.8 Å². The molecular weight excluding hydrogens is 286 g/mol. The molecule has 0 saturated carbocycles. The van der Waals surface area contributed by atoms with Crippen molar-refractivity contribution >= 4 is 11.6 Å². The summed E-state index contributed by atoms with van der Waals surface area (Å²) in [5, 5.41) is 6.29. The van der Waals surface area contributed by atoms with Gasteiger partial charge < -0.3 is 10.6 Å². The molecule has 0 spiro atoms. The maximum Gasteiger partial charge on any atom is 0.255 e. The number of benzene rings is 2. The van der Waals surface area contributed by atoms with Crippen LogP contribution in [0.3, 0.4) is 0 Å². The average Bonchev–Trinajstić information content (AvgIpc) is 2.58. The number of amides is 1. The number of aryl methyl sites for hydroxylation is 1. The number of piperazine rings is 1. The van der Waals surface area contributed by atoms with Crippen LogP contribution in [0.15, 0.2) is 48.5 Å². The van der Waals surface area contributed by atoms with E-state index >= 15 is 0 Å². The van der Waals surface area contributed by atoms with Crippen LogP contribution in [0.2, 0.25) is 0 Å². The van der Waals surface area contributed by atoms with Crippen molar-refractivity contribution in [1.29, 1.82) is 0 Å². The number of rotatable bonds is 4. The van der Waals surface area contributed by atoms with Gasteiger partial charge in [0.25, 0.3) is 5.91 Å². The van der Waals surface area contributed by atoms with Crippen LogP contribution in [0.5, 0.6) is 0 Å². The maximum atomic E-state index is 12.3. The van der Waals surface area contributed by atoms with Crippen LogP contribution in [0, 0.1) is 6.92 Å². The molecule has 2 aromatic carbocycles. The van der Waals surface area contributed by atoms with E-state index in [4.69, 9.17) is 0 Å². The molecule has 2 N–H and O–H groups in total. The Morgan fingerprint density at radius 1 is 1.04 bits per heavy atom. The first kappa shape index (κ1) is 15.7. The molecule has 3 rings (SSSR count). The van der Waals surface area contributed by atoms with E-state index in [0.717, 1.165) is 38.4 Å². The van der Waals surface area contributed by atoms with Crippen molar-refractivity contribution in [2.45, 2.75) is 13.5 Å². The number of hydrogen-bond donors (Lipinski definition) is 2. The first-order chi connectivity index (χ1) is 11.2. The van der Waals surface area contributed by atoms with Crippen LogP contribution in [0.25, 0.3) is 0 Å². The van der Waals surface area contributed by atoms with E-state index in [-0.39, 0.29) is 5.91 Å². The minimum Gasteiger partial charge on any atom is -0.322 e. The largest absolute Gasteiger partial charge is 0.322 e. The molecule has 1 heterocycles. The molecule has 0 aromatic heterocycles. The number of nitrogens with one attached hydrogen (secondary N) is 2. The lowest BCUT2D eigenvalue weighted by Gasteiger charge is -2.27. The zero-order valence-electron chi connectivity index (χ0n) is 13.5. The summed E-state index contributed by atoms with van der Waals surface area (Å²) < 4.78 is 0. The van der Waals surface area contributed by atoms with Crippen LogP contribution in [0.4, 0.5) is 5.69 Å². The van der Waals surface area contributed by atoms with Crippen LogP contribution in [-0.4, -0.2) is 37.0 Å². The summed E-state index contributed by atoms with van der Waals surface area (Å²) >= 11 is 0. The van der Waals surface area contributed by atoms with E-state index in [1.807, 2.05) is 55.5 Å². The fourth-order valence-electron chi connectivity index (χ4n) is 2.73. The van der Waals surface area contributed by atoms with Crippen molar-refractivity contribution in [3.63, 3.8) is 0 Å². The average molecular weight is 309 g/mol. The molecule has 0 bridgehead atoms. The summed E-state index contributed by atoms with van der Waals surface area (Å²) in [4.78, 5) is 14.7. The summed E-state index contributed by atoms with van der Waals surface area (Å²) in [7, 11) is 0. The molecule has 23 heavy (non-hydrogen) atoms. The molecule has 0 radical (unpaired) electrons. The predicted molar refractivity (Wildman–Crippen MR) is 93.7 cm³/mol. The van der Waals surface area contributed by atoms with Gasteiger partial charge >= 0.3 is 0 Å². The first-order valence-electron chi connectivity index (χ1n) is 8.11. The Labute approximate surface area is 137 Å². The third kappa shape index (κ3) is 4.41. The van der Waals surface area contributed by atoms with Gasteiger partial charge in [0.05, 0.1) is 0 Å². The van der Waals surface area contributed by atoms with Crippen molar-refractivity contribution in [3.8, 4) is 0 Å². The molecule has 4 heteroatoms. The van der Waals surface area contributed by atoms with Gasteiger partial charge in [-0.2, -0.15) is 0 Å². The third-order valence-corrected chi connectivity index (χ3v) is 4.14. The highest BCUT2D eigenvalue weighted by molar-refractivity contribution is 6.04. The van der Waals surface area contributed by atoms with Crippen LogP contribution >= 0.6 is 0 Å². The molecule has 0 aliphatic carbocycles. The fraction of sp³-hybridized carbons (Fsp3) is 0.316. The Hall–Kier alpha value is -2.17. The predicted octanol–water partition coefficient (Wildman–Crippen LogP) is 2.65. The Balaban J connectivity index is 1.59. The monoisotopic (exact) mass is 309 g/mol. The standard InChI is InChI=1S/C19H23N3O/c1-15-2-8-18(9-3-15)21-19(23)17-6-4-16(5-7-17)14-22-12-10-20-11-13-22/h2-9,20H,10-14H2,1H3,(H,21,23). The van der Waals surface area contributed by atoms with E-state index in [1.54, 1.807) is 0 Å². The number of hydrogen-bond acceptors (Lipinski definition) is 3. The van der Waals surface area contributed by atoms with Gasteiger partial charge in [-0.25, -0.2) is 0 Å². The minimum absolute atomic E-state index is 0.0671. The van der Waals surface area contributed by atoms with Crippen molar-refractivity contribution in [2.75, 3.05) is 31.5 Å². The van der Waals surface area contributed by atoms with Gasteiger partial charge in [0, 0.05) is 44.0 Å². The Bertz CT molecular complexity index is 643. The van der Waals surface area contributed by atoms with Gasteiger partial charge in [-0.3, -0.25) is 9.69 Å². The molecule has 1 aliphatic rings. The van der Waals surface area contributed by atoms with Crippen LogP contribution in [0.1, 0.15) is 21.5 Å². The number of anilines is 1. The summed E-state index contributed by atoms with van der Waals surface area (Å²) in [5.74, 6) is -0.0671. The maximum absolute atomic E-state index is 12.3. The highest BCUT2D eigenvalue weighted by Gasteiger charge is 2.11. The van der Waals surface area contributed by atoms with Crippen molar-refractivity contribution in [2.24, 2.45) is 0 Å². The molecule has 0 atom stereocenters. The second-order valence-corrected chi connectivity index (χ2v) is 6.04.